The number of ketones is 1. The largest absolute Gasteiger partial charge is 0.458 e. The van der Waals surface area contributed by atoms with Crippen molar-refractivity contribution in [3.63, 3.8) is 0 Å². The highest BCUT2D eigenvalue weighted by molar-refractivity contribution is 5.88. The molecule has 3 nitrogen and oxygen atoms in total. The summed E-state index contributed by atoms with van der Waals surface area (Å²) in [7, 11) is 0. The molecule has 0 saturated heterocycles. The molecule has 0 N–H and O–H groups in total. The van der Waals surface area contributed by atoms with Crippen LogP contribution in [0.1, 0.15) is 66.7 Å². The van der Waals surface area contributed by atoms with Crippen LogP contribution in [0.3, 0.4) is 0 Å². The number of rotatable bonds is 6. The van der Waals surface area contributed by atoms with Crippen LogP contribution in [0.4, 0.5) is 0 Å². The van der Waals surface area contributed by atoms with Crippen molar-refractivity contribution in [2.24, 2.45) is 29.6 Å². The Morgan fingerprint density at radius 1 is 1.32 bits per heavy atom. The van der Waals surface area contributed by atoms with Crippen molar-refractivity contribution >= 4 is 11.8 Å². The number of carbonyl (C=O) groups is 2. The molecule has 1 saturated carbocycles. The predicted octanol–water partition coefficient (Wildman–Crippen LogP) is 5.11. The Kier molecular flexibility index (Phi) is 6.65. The summed E-state index contributed by atoms with van der Waals surface area (Å²) in [5, 5.41) is 0. The minimum Gasteiger partial charge on any atom is -0.458 e. The first kappa shape index (κ1) is 19.9. The van der Waals surface area contributed by atoms with Crippen LogP contribution in [0.2, 0.25) is 0 Å². The SMILES string of the molecule is C=C1C(OC(C)=O)CC(C(C)CCCC(C)C)C(=O)C2C(C)=CCC12. The van der Waals surface area contributed by atoms with Crippen molar-refractivity contribution in [3.05, 3.63) is 23.8 Å². The number of carbonyl (C=O) groups excluding carboxylic acids is 2. The molecular weight excluding hydrogens is 312 g/mol. The van der Waals surface area contributed by atoms with Gasteiger partial charge in [0.1, 0.15) is 11.9 Å². The molecule has 140 valence electrons. The van der Waals surface area contributed by atoms with Gasteiger partial charge in [-0.05, 0) is 37.2 Å². The first-order valence-corrected chi connectivity index (χ1v) is 9.78. The van der Waals surface area contributed by atoms with E-state index in [4.69, 9.17) is 4.74 Å². The number of Topliss-reactive ketones (excluding diaryl/α,β-unsaturated/α-hetero) is 1. The Morgan fingerprint density at radius 3 is 2.60 bits per heavy atom. The summed E-state index contributed by atoms with van der Waals surface area (Å²) in [5.41, 5.74) is 2.09. The van der Waals surface area contributed by atoms with Gasteiger partial charge < -0.3 is 4.74 Å². The average molecular weight is 347 g/mol. The number of hydrogen-bond donors (Lipinski definition) is 0. The van der Waals surface area contributed by atoms with Gasteiger partial charge in [-0.2, -0.15) is 0 Å². The van der Waals surface area contributed by atoms with Crippen molar-refractivity contribution in [2.75, 3.05) is 0 Å². The average Bonchev–Trinajstić information content (AvgIpc) is 2.86. The maximum atomic E-state index is 13.3. The fourth-order valence-corrected chi connectivity index (χ4v) is 4.54. The molecule has 2 aliphatic rings. The molecule has 0 aromatic rings. The lowest BCUT2D eigenvalue weighted by atomic mass is 9.77. The zero-order valence-electron chi connectivity index (χ0n) is 16.5. The Labute approximate surface area is 152 Å². The van der Waals surface area contributed by atoms with E-state index in [9.17, 15) is 9.59 Å². The Morgan fingerprint density at radius 2 is 2.00 bits per heavy atom. The molecule has 0 bridgehead atoms. The zero-order chi connectivity index (χ0) is 18.7. The molecule has 0 aliphatic heterocycles. The van der Waals surface area contributed by atoms with E-state index in [2.05, 4.69) is 40.3 Å². The van der Waals surface area contributed by atoms with Gasteiger partial charge in [-0.1, -0.05) is 58.3 Å². The van der Waals surface area contributed by atoms with E-state index in [0.717, 1.165) is 24.8 Å². The maximum Gasteiger partial charge on any atom is 0.303 e. The molecular formula is C22H34O3. The summed E-state index contributed by atoms with van der Waals surface area (Å²) < 4.78 is 5.58. The second-order valence-electron chi connectivity index (χ2n) is 8.49. The van der Waals surface area contributed by atoms with Gasteiger partial charge in [0.2, 0.25) is 0 Å². The lowest BCUT2D eigenvalue weighted by Gasteiger charge is -2.26. The standard InChI is InChI=1S/C22H34O3/c1-13(2)8-7-9-14(3)19-12-20(25-17(6)23)16(5)18-11-10-15(4)21(18)22(19)24/h10,13-14,18-21H,5,7-9,11-12H2,1-4,6H3. The summed E-state index contributed by atoms with van der Waals surface area (Å²) in [6, 6.07) is 0. The summed E-state index contributed by atoms with van der Waals surface area (Å²) in [6.45, 7) is 14.4. The van der Waals surface area contributed by atoms with Crippen molar-refractivity contribution in [1.82, 2.24) is 0 Å². The molecule has 2 aliphatic carbocycles. The second kappa shape index (κ2) is 8.33. The smallest absolute Gasteiger partial charge is 0.303 e. The van der Waals surface area contributed by atoms with Gasteiger partial charge in [-0.3, -0.25) is 9.59 Å². The quantitative estimate of drug-likeness (QED) is 0.496. The van der Waals surface area contributed by atoms with Crippen molar-refractivity contribution in [3.8, 4) is 0 Å². The molecule has 25 heavy (non-hydrogen) atoms. The molecule has 0 radical (unpaired) electrons. The van der Waals surface area contributed by atoms with Gasteiger partial charge >= 0.3 is 5.97 Å². The third-order valence-electron chi connectivity index (χ3n) is 6.05. The van der Waals surface area contributed by atoms with Crippen LogP contribution in [-0.2, 0) is 14.3 Å². The number of ether oxygens (including phenoxy) is 1. The van der Waals surface area contributed by atoms with Crippen molar-refractivity contribution < 1.29 is 14.3 Å². The molecule has 0 spiro atoms. The van der Waals surface area contributed by atoms with Crippen LogP contribution in [0.5, 0.6) is 0 Å². The number of hydrogen-bond acceptors (Lipinski definition) is 3. The van der Waals surface area contributed by atoms with E-state index < -0.39 is 0 Å². The van der Waals surface area contributed by atoms with Crippen LogP contribution in [0, 0.1) is 29.6 Å². The first-order chi connectivity index (χ1) is 11.7. The van der Waals surface area contributed by atoms with E-state index in [-0.39, 0.29) is 29.8 Å². The van der Waals surface area contributed by atoms with E-state index >= 15 is 0 Å². The molecule has 1 fully saturated rings. The molecule has 0 heterocycles. The summed E-state index contributed by atoms with van der Waals surface area (Å²) in [6.07, 6.45) is 6.66. The third-order valence-corrected chi connectivity index (χ3v) is 6.05. The van der Waals surface area contributed by atoms with Gasteiger partial charge in [-0.25, -0.2) is 0 Å². The third kappa shape index (κ3) is 4.62. The van der Waals surface area contributed by atoms with E-state index in [0.29, 0.717) is 24.0 Å². The van der Waals surface area contributed by atoms with Gasteiger partial charge in [0.05, 0.1) is 0 Å². The minimum absolute atomic E-state index is 0.0512. The number of fused-ring (bicyclic) bond motifs is 1. The van der Waals surface area contributed by atoms with E-state index in [1.54, 1.807) is 0 Å². The zero-order valence-corrected chi connectivity index (χ0v) is 16.5. The summed E-state index contributed by atoms with van der Waals surface area (Å²) in [4.78, 5) is 24.9. The lowest BCUT2D eigenvalue weighted by Crippen LogP contribution is -2.30. The van der Waals surface area contributed by atoms with Crippen LogP contribution < -0.4 is 0 Å². The molecule has 0 amide bonds. The van der Waals surface area contributed by atoms with Crippen molar-refractivity contribution in [2.45, 2.75) is 72.8 Å². The van der Waals surface area contributed by atoms with Gasteiger partial charge in [0.15, 0.2) is 0 Å². The predicted molar refractivity (Wildman–Crippen MR) is 101 cm³/mol. The monoisotopic (exact) mass is 346 g/mol. The van der Waals surface area contributed by atoms with Crippen LogP contribution in [0.25, 0.3) is 0 Å². The fraction of sp³-hybridized carbons (Fsp3) is 0.727. The maximum absolute atomic E-state index is 13.3. The lowest BCUT2D eigenvalue weighted by molar-refractivity contribution is -0.146. The summed E-state index contributed by atoms with van der Waals surface area (Å²) >= 11 is 0. The Balaban J connectivity index is 2.21. The molecule has 2 rings (SSSR count). The van der Waals surface area contributed by atoms with Crippen LogP contribution >= 0.6 is 0 Å². The highest BCUT2D eigenvalue weighted by Crippen LogP contribution is 2.46. The molecule has 0 aromatic carbocycles. The number of esters is 1. The van der Waals surface area contributed by atoms with Gasteiger partial charge in [0, 0.05) is 24.7 Å². The van der Waals surface area contributed by atoms with Crippen LogP contribution in [0.15, 0.2) is 23.8 Å². The molecule has 0 aromatic heterocycles. The van der Waals surface area contributed by atoms with Gasteiger partial charge in [0.25, 0.3) is 0 Å². The Bertz CT molecular complexity index is 558. The normalized spacial score (nSPS) is 30.7. The highest BCUT2D eigenvalue weighted by Gasteiger charge is 2.46. The molecule has 5 atom stereocenters. The van der Waals surface area contributed by atoms with E-state index in [1.165, 1.54) is 18.9 Å². The summed E-state index contributed by atoms with van der Waals surface area (Å²) in [5.74, 6) is 1.04. The van der Waals surface area contributed by atoms with Crippen LogP contribution in [-0.4, -0.2) is 17.9 Å². The topological polar surface area (TPSA) is 43.4 Å². The number of allylic oxidation sites excluding steroid dienone is 2. The van der Waals surface area contributed by atoms with E-state index in [1.807, 2.05) is 0 Å². The minimum atomic E-state index is -0.326. The molecule has 3 heteroatoms. The Hall–Kier alpha value is -1.38. The van der Waals surface area contributed by atoms with Gasteiger partial charge in [-0.15, -0.1) is 0 Å². The second-order valence-corrected chi connectivity index (χ2v) is 8.49. The van der Waals surface area contributed by atoms with Crippen molar-refractivity contribution in [1.29, 1.82) is 0 Å². The molecule has 5 unspecified atom stereocenters. The highest BCUT2D eigenvalue weighted by atomic mass is 16.5. The fourth-order valence-electron chi connectivity index (χ4n) is 4.54. The first-order valence-electron chi connectivity index (χ1n) is 9.78.